The number of benzene rings is 3. The number of carbonyl (C=O) groups is 1. The molecule has 8 heteroatoms. The van der Waals surface area contributed by atoms with Crippen LogP contribution in [0.5, 0.6) is 5.75 Å². The summed E-state index contributed by atoms with van der Waals surface area (Å²) >= 11 is 0. The predicted octanol–water partition coefficient (Wildman–Crippen LogP) is 8.26. The highest BCUT2D eigenvalue weighted by atomic mass is 28.4. The van der Waals surface area contributed by atoms with Crippen LogP contribution in [0.15, 0.2) is 85.5 Å². The van der Waals surface area contributed by atoms with Gasteiger partial charge in [0.1, 0.15) is 25.8 Å². The van der Waals surface area contributed by atoms with Gasteiger partial charge in [-0.05, 0) is 47.0 Å². The summed E-state index contributed by atoms with van der Waals surface area (Å²) in [5, 5.41) is 2.99. The Balaban J connectivity index is 1.82. The maximum absolute atomic E-state index is 12.6. The second-order valence-electron chi connectivity index (χ2n) is 11.6. The van der Waals surface area contributed by atoms with Gasteiger partial charge in [-0.1, -0.05) is 94.1 Å². The van der Waals surface area contributed by atoms with Gasteiger partial charge in [0, 0.05) is 18.6 Å². The van der Waals surface area contributed by atoms with E-state index < -0.39 is 14.4 Å². The molecular weight excluding hydrogens is 546 g/mol. The van der Waals surface area contributed by atoms with Crippen LogP contribution in [0.2, 0.25) is 18.1 Å². The van der Waals surface area contributed by atoms with Crippen LogP contribution in [-0.2, 0) is 44.9 Å². The second kappa shape index (κ2) is 16.3. The Hall–Kier alpha value is -3.43. The number of carbonyl (C=O) groups excluding carboxylic acids is 1. The van der Waals surface area contributed by atoms with Gasteiger partial charge in [-0.2, -0.15) is 0 Å². The first-order chi connectivity index (χ1) is 20.1. The molecule has 0 unspecified atom stereocenters. The fraction of sp³-hybridized carbons (Fsp3) is 0.382. The maximum atomic E-state index is 12.6. The Labute approximate surface area is 251 Å². The fourth-order valence-corrected chi connectivity index (χ4v) is 4.92. The van der Waals surface area contributed by atoms with Gasteiger partial charge in [0.15, 0.2) is 8.32 Å². The number of ether oxygens (including phenoxy) is 4. The average Bonchev–Trinajstić information content (AvgIpc) is 2.96. The van der Waals surface area contributed by atoms with E-state index in [9.17, 15) is 4.79 Å². The van der Waals surface area contributed by atoms with E-state index in [2.05, 4.69) is 45.8 Å². The van der Waals surface area contributed by atoms with Gasteiger partial charge in [-0.3, -0.25) is 5.32 Å². The molecule has 3 rings (SSSR count). The number of rotatable bonds is 16. The lowest BCUT2D eigenvalue weighted by atomic mass is 10.0. The molecule has 0 atom stereocenters. The molecule has 1 N–H and O–H groups in total. The highest BCUT2D eigenvalue weighted by Crippen LogP contribution is 2.37. The van der Waals surface area contributed by atoms with Gasteiger partial charge >= 0.3 is 6.09 Å². The summed E-state index contributed by atoms with van der Waals surface area (Å²) in [5.74, 6) is 0.656. The molecule has 0 fully saturated rings. The first-order valence-electron chi connectivity index (χ1n) is 14.3. The first kappa shape index (κ1) is 33.1. The van der Waals surface area contributed by atoms with Gasteiger partial charge in [0.05, 0.1) is 18.9 Å². The Morgan fingerprint density at radius 1 is 0.881 bits per heavy atom. The monoisotopic (exact) mass is 591 g/mol. The number of hydrogen-bond acceptors (Lipinski definition) is 6. The highest BCUT2D eigenvalue weighted by molar-refractivity contribution is 6.74. The van der Waals surface area contributed by atoms with Crippen LogP contribution in [0, 0.1) is 0 Å². The molecule has 3 aromatic rings. The molecule has 0 heterocycles. The van der Waals surface area contributed by atoms with Crippen LogP contribution in [0.1, 0.15) is 43.0 Å². The molecule has 3 aromatic carbocycles. The van der Waals surface area contributed by atoms with E-state index in [1.54, 1.807) is 0 Å². The Morgan fingerprint density at radius 3 is 2.07 bits per heavy atom. The summed E-state index contributed by atoms with van der Waals surface area (Å²) in [6.07, 6.45) is 1.51. The summed E-state index contributed by atoms with van der Waals surface area (Å²) in [6, 6.07) is 23.8. The molecule has 0 spiro atoms. The van der Waals surface area contributed by atoms with E-state index in [4.69, 9.17) is 23.4 Å². The third kappa shape index (κ3) is 10.8. The van der Waals surface area contributed by atoms with Crippen molar-refractivity contribution in [2.75, 3.05) is 25.3 Å². The normalized spacial score (nSPS) is 11.6. The van der Waals surface area contributed by atoms with Crippen LogP contribution in [0.25, 0.3) is 0 Å². The van der Waals surface area contributed by atoms with E-state index in [-0.39, 0.29) is 25.0 Å². The number of nitrogens with one attached hydrogen (secondary N) is 1. The molecule has 0 aliphatic carbocycles. The van der Waals surface area contributed by atoms with Crippen molar-refractivity contribution in [3.05, 3.63) is 108 Å². The van der Waals surface area contributed by atoms with Crippen molar-refractivity contribution in [1.82, 2.24) is 0 Å². The smallest absolute Gasteiger partial charge is 0.411 e. The van der Waals surface area contributed by atoms with Crippen LogP contribution < -0.4 is 10.1 Å². The number of amides is 1. The SMILES string of the molecule is C=CCOC(=O)Nc1cc(COCOCc2ccccc2)cc(OCc2ccccc2)c1CCO[Si](C)(C)C(C)(C)C. The lowest BCUT2D eigenvalue weighted by Gasteiger charge is -2.36. The van der Waals surface area contributed by atoms with Crippen molar-refractivity contribution in [3.63, 3.8) is 0 Å². The van der Waals surface area contributed by atoms with E-state index >= 15 is 0 Å². The van der Waals surface area contributed by atoms with Crippen molar-refractivity contribution in [2.45, 2.75) is 65.1 Å². The largest absolute Gasteiger partial charge is 0.489 e. The second-order valence-corrected chi connectivity index (χ2v) is 16.4. The molecule has 42 heavy (non-hydrogen) atoms. The van der Waals surface area contributed by atoms with Crippen molar-refractivity contribution in [2.24, 2.45) is 0 Å². The molecule has 0 radical (unpaired) electrons. The van der Waals surface area contributed by atoms with Gasteiger partial charge in [0.2, 0.25) is 0 Å². The van der Waals surface area contributed by atoms with Crippen molar-refractivity contribution in [3.8, 4) is 5.75 Å². The van der Waals surface area contributed by atoms with Crippen molar-refractivity contribution >= 4 is 20.1 Å². The van der Waals surface area contributed by atoms with E-state index in [0.717, 1.165) is 22.3 Å². The molecule has 0 saturated heterocycles. The third-order valence-corrected chi connectivity index (χ3v) is 11.8. The quantitative estimate of drug-likeness (QED) is 0.0782. The maximum Gasteiger partial charge on any atom is 0.411 e. The molecule has 226 valence electrons. The molecule has 0 saturated carbocycles. The van der Waals surface area contributed by atoms with Crippen molar-refractivity contribution in [1.29, 1.82) is 0 Å². The number of hydrogen-bond donors (Lipinski definition) is 1. The highest BCUT2D eigenvalue weighted by Gasteiger charge is 2.37. The van der Waals surface area contributed by atoms with E-state index in [0.29, 0.717) is 37.7 Å². The Bertz CT molecular complexity index is 1260. The zero-order chi connectivity index (χ0) is 30.4. The minimum atomic E-state index is -1.97. The minimum Gasteiger partial charge on any atom is -0.489 e. The lowest BCUT2D eigenvalue weighted by Crippen LogP contribution is -2.41. The summed E-state index contributed by atoms with van der Waals surface area (Å²) in [6.45, 7) is 16.6. The molecule has 0 bridgehead atoms. The zero-order valence-corrected chi connectivity index (χ0v) is 26.6. The standard InChI is InChI=1S/C34H45NO6Si/c1-7-19-39-33(36)35-31-21-29(24-38-26-37-23-27-14-10-8-11-15-27)22-32(40-25-28-16-12-9-13-17-28)30(31)18-20-41-42(5,6)34(2,3)4/h7-17,21-22H,1,18-20,23-26H2,2-6H3,(H,35,36). The minimum absolute atomic E-state index is 0.0823. The van der Waals surface area contributed by atoms with Gasteiger partial charge in [0.25, 0.3) is 0 Å². The van der Waals surface area contributed by atoms with Crippen LogP contribution >= 0.6 is 0 Å². The summed E-state index contributed by atoms with van der Waals surface area (Å²) in [5.41, 5.74) is 4.37. The van der Waals surface area contributed by atoms with E-state index in [1.165, 1.54) is 6.08 Å². The fourth-order valence-electron chi connectivity index (χ4n) is 3.88. The van der Waals surface area contributed by atoms with Crippen LogP contribution in [-0.4, -0.2) is 34.4 Å². The topological polar surface area (TPSA) is 75.3 Å². The van der Waals surface area contributed by atoms with Crippen LogP contribution in [0.4, 0.5) is 10.5 Å². The first-order valence-corrected chi connectivity index (χ1v) is 17.2. The third-order valence-electron chi connectivity index (χ3n) is 7.24. The van der Waals surface area contributed by atoms with Gasteiger partial charge < -0.3 is 23.4 Å². The van der Waals surface area contributed by atoms with Crippen molar-refractivity contribution < 1.29 is 28.2 Å². The molecule has 1 amide bonds. The molecule has 0 aliphatic rings. The summed E-state index contributed by atoms with van der Waals surface area (Å²) < 4.78 is 29.6. The Morgan fingerprint density at radius 2 is 1.48 bits per heavy atom. The predicted molar refractivity (Wildman–Crippen MR) is 170 cm³/mol. The molecular formula is C34H45NO6Si. The van der Waals surface area contributed by atoms with Gasteiger partial charge in [-0.25, -0.2) is 4.79 Å². The summed E-state index contributed by atoms with van der Waals surface area (Å²) in [4.78, 5) is 12.6. The summed E-state index contributed by atoms with van der Waals surface area (Å²) in [7, 11) is -1.97. The molecule has 0 aliphatic heterocycles. The zero-order valence-electron chi connectivity index (χ0n) is 25.6. The molecule has 0 aromatic heterocycles. The van der Waals surface area contributed by atoms with E-state index in [1.807, 2.05) is 72.8 Å². The number of anilines is 1. The van der Waals surface area contributed by atoms with Gasteiger partial charge in [-0.15, -0.1) is 0 Å². The average molecular weight is 592 g/mol. The Kier molecular flexibility index (Phi) is 12.8. The lowest BCUT2D eigenvalue weighted by molar-refractivity contribution is -0.0689. The van der Waals surface area contributed by atoms with Crippen LogP contribution in [0.3, 0.4) is 0 Å². The molecule has 7 nitrogen and oxygen atoms in total.